The molecule has 2 amide bonds. The van der Waals surface area contributed by atoms with E-state index < -0.39 is 10.0 Å². The van der Waals surface area contributed by atoms with Crippen LogP contribution >= 0.6 is 0 Å². The molecular formula is C23H36N4O5S. The van der Waals surface area contributed by atoms with Crippen LogP contribution in [0.2, 0.25) is 0 Å². The lowest BCUT2D eigenvalue weighted by Gasteiger charge is -2.45. The normalized spacial score (nSPS) is 18.3. The Morgan fingerprint density at radius 1 is 1.18 bits per heavy atom. The van der Waals surface area contributed by atoms with Gasteiger partial charge in [-0.2, -0.15) is 4.31 Å². The second kappa shape index (κ2) is 11.3. The predicted molar refractivity (Wildman–Crippen MR) is 128 cm³/mol. The summed E-state index contributed by atoms with van der Waals surface area (Å²) in [6.07, 6.45) is 3.34. The number of piperidine rings is 1. The van der Waals surface area contributed by atoms with E-state index >= 15 is 0 Å². The molecule has 0 bridgehead atoms. The Bertz CT molecular complexity index is 948. The number of benzene rings is 1. The average Bonchev–Trinajstić information content (AvgIpc) is 2.82. The molecule has 9 nitrogen and oxygen atoms in total. The van der Waals surface area contributed by atoms with Crippen LogP contribution < -0.4 is 15.1 Å². The van der Waals surface area contributed by atoms with Gasteiger partial charge in [0, 0.05) is 39.4 Å². The molecule has 184 valence electrons. The van der Waals surface area contributed by atoms with Gasteiger partial charge in [0.1, 0.15) is 12.6 Å². The number of carbonyl (C=O) groups is 2. The minimum atomic E-state index is -3.69. The molecular weight excluding hydrogens is 444 g/mol. The highest BCUT2D eigenvalue weighted by atomic mass is 32.2. The van der Waals surface area contributed by atoms with Gasteiger partial charge >= 0.3 is 0 Å². The number of sulfonamides is 1. The molecule has 1 fully saturated rings. The third-order valence-corrected chi connectivity index (χ3v) is 8.28. The van der Waals surface area contributed by atoms with Crippen molar-refractivity contribution in [2.45, 2.75) is 57.4 Å². The third-order valence-electron chi connectivity index (χ3n) is 6.24. The Balaban J connectivity index is 1.90. The van der Waals surface area contributed by atoms with E-state index in [1.807, 2.05) is 6.92 Å². The molecule has 0 aromatic heterocycles. The fraction of sp³-hybridized carbons (Fsp3) is 0.652. The number of carbonyl (C=O) groups excluding carboxylic acids is 2. The molecule has 3 rings (SSSR count). The molecule has 0 aliphatic carbocycles. The molecule has 1 aromatic carbocycles. The number of anilines is 2. The molecule has 0 spiro atoms. The van der Waals surface area contributed by atoms with Gasteiger partial charge in [-0.25, -0.2) is 8.42 Å². The van der Waals surface area contributed by atoms with E-state index in [-0.39, 0.29) is 29.3 Å². The van der Waals surface area contributed by atoms with Crippen molar-refractivity contribution in [3.63, 3.8) is 0 Å². The molecule has 10 heteroatoms. The average molecular weight is 481 g/mol. The first-order valence-electron chi connectivity index (χ1n) is 11.9. The van der Waals surface area contributed by atoms with E-state index in [9.17, 15) is 18.0 Å². The second-order valence-electron chi connectivity index (χ2n) is 8.27. The maximum atomic E-state index is 13.4. The van der Waals surface area contributed by atoms with Gasteiger partial charge in [-0.05, 0) is 50.8 Å². The van der Waals surface area contributed by atoms with Gasteiger partial charge in [0.25, 0.3) is 0 Å². The van der Waals surface area contributed by atoms with Crippen LogP contribution in [0.4, 0.5) is 11.4 Å². The zero-order valence-electron chi connectivity index (χ0n) is 19.9. The van der Waals surface area contributed by atoms with Gasteiger partial charge in [-0.3, -0.25) is 14.5 Å². The maximum absolute atomic E-state index is 13.4. The Morgan fingerprint density at radius 3 is 2.64 bits per heavy atom. The number of ether oxygens (including phenoxy) is 1. The zero-order chi connectivity index (χ0) is 24.0. The van der Waals surface area contributed by atoms with Gasteiger partial charge < -0.3 is 15.0 Å². The third kappa shape index (κ3) is 5.50. The molecule has 1 saturated heterocycles. The smallest absolute Gasteiger partial charge is 0.250 e. The lowest BCUT2D eigenvalue weighted by atomic mass is 9.96. The first-order valence-corrected chi connectivity index (χ1v) is 13.4. The quantitative estimate of drug-likeness (QED) is 0.486. The minimum absolute atomic E-state index is 0.135. The maximum Gasteiger partial charge on any atom is 0.250 e. The highest BCUT2D eigenvalue weighted by Gasteiger charge is 2.40. The Hall–Kier alpha value is -2.17. The number of rotatable bonds is 11. The van der Waals surface area contributed by atoms with E-state index in [4.69, 9.17) is 4.74 Å². The number of fused-ring (bicyclic) bond motifs is 3. The van der Waals surface area contributed by atoms with Crippen molar-refractivity contribution in [1.29, 1.82) is 0 Å². The highest BCUT2D eigenvalue weighted by Crippen LogP contribution is 2.40. The van der Waals surface area contributed by atoms with Crippen LogP contribution in [0.5, 0.6) is 0 Å². The summed E-state index contributed by atoms with van der Waals surface area (Å²) in [6, 6.07) is 4.62. The van der Waals surface area contributed by atoms with Gasteiger partial charge in [0.05, 0.1) is 16.3 Å². The summed E-state index contributed by atoms with van der Waals surface area (Å²) >= 11 is 0. The topological polar surface area (TPSA) is 99.3 Å². The molecule has 33 heavy (non-hydrogen) atoms. The SMILES string of the molecule is CCOCCCNC(=O)CN1C(=O)[C@@H]2CCCCN2c2ccc(S(=O)(=O)N(CC)CC)cc21. The molecule has 1 N–H and O–H groups in total. The first-order chi connectivity index (χ1) is 15.8. The van der Waals surface area contributed by atoms with Crippen molar-refractivity contribution >= 4 is 33.2 Å². The Kier molecular flexibility index (Phi) is 8.72. The lowest BCUT2D eigenvalue weighted by Crippen LogP contribution is -2.57. The zero-order valence-corrected chi connectivity index (χ0v) is 20.7. The second-order valence-corrected chi connectivity index (χ2v) is 10.2. The van der Waals surface area contributed by atoms with Crippen LogP contribution in [0.3, 0.4) is 0 Å². The number of hydrogen-bond acceptors (Lipinski definition) is 6. The molecule has 0 radical (unpaired) electrons. The van der Waals surface area contributed by atoms with Gasteiger partial charge in [0.2, 0.25) is 21.8 Å². The Morgan fingerprint density at radius 2 is 1.94 bits per heavy atom. The van der Waals surface area contributed by atoms with Crippen molar-refractivity contribution in [3.8, 4) is 0 Å². The summed E-state index contributed by atoms with van der Waals surface area (Å²) in [5.74, 6) is -0.420. The number of hydrogen-bond donors (Lipinski definition) is 1. The molecule has 1 aromatic rings. The minimum Gasteiger partial charge on any atom is -0.382 e. The first kappa shape index (κ1) is 25.5. The molecule has 0 unspecified atom stereocenters. The summed E-state index contributed by atoms with van der Waals surface area (Å²) in [6.45, 7) is 8.47. The summed E-state index contributed by atoms with van der Waals surface area (Å²) in [7, 11) is -3.69. The summed E-state index contributed by atoms with van der Waals surface area (Å²) in [5.41, 5.74) is 1.29. The van der Waals surface area contributed by atoms with Crippen LogP contribution in [-0.4, -0.2) is 76.5 Å². The summed E-state index contributed by atoms with van der Waals surface area (Å²) in [5, 5.41) is 2.84. The molecule has 2 heterocycles. The molecule has 2 aliphatic rings. The summed E-state index contributed by atoms with van der Waals surface area (Å²) < 4.78 is 32.9. The van der Waals surface area contributed by atoms with E-state index in [0.29, 0.717) is 45.0 Å². The lowest BCUT2D eigenvalue weighted by molar-refractivity contribution is -0.125. The van der Waals surface area contributed by atoms with Crippen LogP contribution in [0.1, 0.15) is 46.5 Å². The van der Waals surface area contributed by atoms with E-state index in [0.717, 1.165) is 31.5 Å². The van der Waals surface area contributed by atoms with Gasteiger partial charge in [0.15, 0.2) is 0 Å². The van der Waals surface area contributed by atoms with Crippen LogP contribution in [0.15, 0.2) is 23.1 Å². The number of nitrogens with one attached hydrogen (secondary N) is 1. The summed E-state index contributed by atoms with van der Waals surface area (Å²) in [4.78, 5) is 29.7. The van der Waals surface area contributed by atoms with Crippen molar-refractivity contribution in [3.05, 3.63) is 18.2 Å². The van der Waals surface area contributed by atoms with Gasteiger partial charge in [-0.15, -0.1) is 0 Å². The molecule has 2 aliphatic heterocycles. The van der Waals surface area contributed by atoms with Crippen LogP contribution in [0.25, 0.3) is 0 Å². The monoisotopic (exact) mass is 480 g/mol. The van der Waals surface area contributed by atoms with Crippen molar-refractivity contribution < 1.29 is 22.7 Å². The van der Waals surface area contributed by atoms with E-state index in [2.05, 4.69) is 10.2 Å². The number of amides is 2. The van der Waals surface area contributed by atoms with Crippen LogP contribution in [0, 0.1) is 0 Å². The fourth-order valence-electron chi connectivity index (χ4n) is 4.52. The number of nitrogens with zero attached hydrogens (tertiary/aromatic N) is 3. The van der Waals surface area contributed by atoms with Crippen LogP contribution in [-0.2, 0) is 24.3 Å². The van der Waals surface area contributed by atoms with E-state index in [1.165, 1.54) is 9.21 Å². The fourth-order valence-corrected chi connectivity index (χ4v) is 6.00. The Labute approximate surface area is 197 Å². The standard InChI is InChI=1S/C23H36N4O5S/c1-4-25(5-2)33(30,31)18-11-12-19-21(16-18)27(17-22(28)24-13-9-15-32-6-3)23(29)20-10-7-8-14-26(19)20/h11-12,16,20H,4-10,13-15,17H2,1-3H3,(H,24,28)/t20-/m0/s1. The highest BCUT2D eigenvalue weighted by molar-refractivity contribution is 7.89. The van der Waals surface area contributed by atoms with Crippen molar-refractivity contribution in [2.75, 3.05) is 55.7 Å². The molecule has 1 atom stereocenters. The molecule has 0 saturated carbocycles. The van der Waals surface area contributed by atoms with Crippen molar-refractivity contribution in [1.82, 2.24) is 9.62 Å². The van der Waals surface area contributed by atoms with Crippen molar-refractivity contribution in [2.24, 2.45) is 0 Å². The predicted octanol–water partition coefficient (Wildman–Crippen LogP) is 1.97. The van der Waals surface area contributed by atoms with Gasteiger partial charge in [-0.1, -0.05) is 13.8 Å². The van der Waals surface area contributed by atoms with E-state index in [1.54, 1.807) is 32.0 Å². The largest absolute Gasteiger partial charge is 0.382 e.